The third kappa shape index (κ3) is 3.29. The Kier molecular flexibility index (Phi) is 5.02. The lowest BCUT2D eigenvalue weighted by Gasteiger charge is -2.05. The van der Waals surface area contributed by atoms with Crippen LogP contribution in [0.5, 0.6) is 0 Å². The molecule has 23 heavy (non-hydrogen) atoms. The molecule has 1 aromatic heterocycles. The van der Waals surface area contributed by atoms with E-state index >= 15 is 0 Å². The van der Waals surface area contributed by atoms with Gasteiger partial charge in [-0.2, -0.15) is 0 Å². The van der Waals surface area contributed by atoms with Crippen LogP contribution >= 0.6 is 31.9 Å². The Morgan fingerprint density at radius 1 is 0.826 bits per heavy atom. The monoisotopic (exact) mass is 433 g/mol. The van der Waals surface area contributed by atoms with Crippen LogP contribution in [0.1, 0.15) is 13.8 Å². The van der Waals surface area contributed by atoms with Crippen LogP contribution < -0.4 is 4.57 Å². The van der Waals surface area contributed by atoms with Crippen LogP contribution in [-0.2, 0) is 13.1 Å². The van der Waals surface area contributed by atoms with Crippen molar-refractivity contribution in [2.45, 2.75) is 26.9 Å². The largest absolute Gasteiger partial charge is 0.244 e. The van der Waals surface area contributed by atoms with Gasteiger partial charge in [0.15, 0.2) is 11.4 Å². The molecule has 2 nitrogen and oxygen atoms in total. The molecule has 0 fully saturated rings. The van der Waals surface area contributed by atoms with E-state index in [0.29, 0.717) is 0 Å². The zero-order valence-corrected chi connectivity index (χ0v) is 16.4. The average molecular weight is 435 g/mol. The average Bonchev–Trinajstić information content (AvgIpc) is 2.95. The van der Waals surface area contributed by atoms with Gasteiger partial charge >= 0.3 is 0 Å². The van der Waals surface area contributed by atoms with Crippen LogP contribution in [0, 0.1) is 0 Å². The zero-order chi connectivity index (χ0) is 16.4. The molecule has 0 saturated carbocycles. The van der Waals surface area contributed by atoms with Crippen molar-refractivity contribution in [2.24, 2.45) is 0 Å². The molecule has 0 aliphatic carbocycles. The molecule has 0 spiro atoms. The first-order valence-electron chi connectivity index (χ1n) is 7.78. The SMILES string of the molecule is CCn1c[n+](CC)c(-c2ccc(Br)cc2)c1-c1ccc(Br)cc1. The molecule has 2 aromatic carbocycles. The van der Waals surface area contributed by atoms with Crippen molar-refractivity contribution in [3.63, 3.8) is 0 Å². The Hall–Kier alpha value is -1.39. The van der Waals surface area contributed by atoms with Gasteiger partial charge in [-0.25, -0.2) is 9.13 Å². The third-order valence-corrected chi connectivity index (χ3v) is 5.05. The predicted octanol–water partition coefficient (Wildman–Crippen LogP) is 5.67. The summed E-state index contributed by atoms with van der Waals surface area (Å²) in [5.41, 5.74) is 5.01. The molecular weight excluding hydrogens is 416 g/mol. The van der Waals surface area contributed by atoms with E-state index in [2.05, 4.69) is 110 Å². The predicted molar refractivity (Wildman–Crippen MR) is 102 cm³/mol. The summed E-state index contributed by atoms with van der Waals surface area (Å²) < 4.78 is 6.85. The van der Waals surface area contributed by atoms with Gasteiger partial charge in [-0.1, -0.05) is 31.9 Å². The molecule has 0 saturated heterocycles. The summed E-state index contributed by atoms with van der Waals surface area (Å²) in [5, 5.41) is 0. The molecule has 0 unspecified atom stereocenters. The van der Waals surface area contributed by atoms with Crippen molar-refractivity contribution in [1.29, 1.82) is 0 Å². The molecule has 0 aliphatic heterocycles. The Morgan fingerprint density at radius 2 is 1.35 bits per heavy atom. The number of hydrogen-bond donors (Lipinski definition) is 0. The van der Waals surface area contributed by atoms with Crippen molar-refractivity contribution in [1.82, 2.24) is 4.57 Å². The van der Waals surface area contributed by atoms with Crippen LogP contribution in [0.15, 0.2) is 63.8 Å². The fraction of sp³-hybridized carbons (Fsp3) is 0.211. The summed E-state index contributed by atoms with van der Waals surface area (Å²) in [4.78, 5) is 0. The minimum absolute atomic E-state index is 0.946. The number of hydrogen-bond acceptors (Lipinski definition) is 0. The van der Waals surface area contributed by atoms with E-state index in [9.17, 15) is 0 Å². The van der Waals surface area contributed by atoms with Crippen LogP contribution in [0.3, 0.4) is 0 Å². The van der Waals surface area contributed by atoms with E-state index in [1.54, 1.807) is 0 Å². The highest BCUT2D eigenvalue weighted by atomic mass is 79.9. The molecule has 0 radical (unpaired) electrons. The van der Waals surface area contributed by atoms with Crippen LogP contribution in [0.25, 0.3) is 22.5 Å². The van der Waals surface area contributed by atoms with Crippen LogP contribution in [-0.4, -0.2) is 4.57 Å². The van der Waals surface area contributed by atoms with Crippen LogP contribution in [0.2, 0.25) is 0 Å². The number of imidazole rings is 1. The summed E-state index contributed by atoms with van der Waals surface area (Å²) in [5.74, 6) is 0. The first kappa shape index (κ1) is 16.5. The van der Waals surface area contributed by atoms with Crippen molar-refractivity contribution in [3.05, 3.63) is 63.8 Å². The molecule has 0 bridgehead atoms. The van der Waals surface area contributed by atoms with Gasteiger partial charge in [-0.15, -0.1) is 0 Å². The first-order valence-corrected chi connectivity index (χ1v) is 9.37. The second-order valence-electron chi connectivity index (χ2n) is 5.40. The summed E-state index contributed by atoms with van der Waals surface area (Å²) in [6, 6.07) is 17.1. The summed E-state index contributed by atoms with van der Waals surface area (Å²) in [6.07, 6.45) is 2.22. The second kappa shape index (κ2) is 7.02. The quantitative estimate of drug-likeness (QED) is 0.467. The second-order valence-corrected chi connectivity index (χ2v) is 7.23. The number of nitrogens with zero attached hydrogens (tertiary/aromatic N) is 2. The third-order valence-electron chi connectivity index (χ3n) is 3.99. The first-order chi connectivity index (χ1) is 11.1. The van der Waals surface area contributed by atoms with E-state index in [-0.39, 0.29) is 0 Å². The van der Waals surface area contributed by atoms with Gasteiger partial charge in [-0.3, -0.25) is 0 Å². The van der Waals surface area contributed by atoms with E-state index in [0.717, 1.165) is 22.0 Å². The number of aryl methyl sites for hydroxylation is 2. The maximum absolute atomic E-state index is 3.53. The smallest absolute Gasteiger partial charge is 0.230 e. The molecule has 3 rings (SSSR count). The van der Waals surface area contributed by atoms with Gasteiger partial charge in [0.1, 0.15) is 0 Å². The van der Waals surface area contributed by atoms with Crippen molar-refractivity contribution in [2.75, 3.05) is 0 Å². The lowest BCUT2D eigenvalue weighted by Crippen LogP contribution is -2.32. The molecular formula is C19H19Br2N2+. The number of rotatable bonds is 4. The molecule has 118 valence electrons. The molecule has 4 heteroatoms. The van der Waals surface area contributed by atoms with Crippen LogP contribution in [0.4, 0.5) is 0 Å². The zero-order valence-electron chi connectivity index (χ0n) is 13.3. The lowest BCUT2D eigenvalue weighted by atomic mass is 10.0. The minimum atomic E-state index is 0.946. The Morgan fingerprint density at radius 3 is 1.83 bits per heavy atom. The topological polar surface area (TPSA) is 8.81 Å². The van der Waals surface area contributed by atoms with E-state index < -0.39 is 0 Å². The van der Waals surface area contributed by atoms with Gasteiger partial charge in [0.2, 0.25) is 6.33 Å². The molecule has 0 atom stereocenters. The van der Waals surface area contributed by atoms with Gasteiger partial charge < -0.3 is 0 Å². The Balaban J connectivity index is 2.26. The van der Waals surface area contributed by atoms with Crippen molar-refractivity contribution < 1.29 is 4.57 Å². The summed E-state index contributed by atoms with van der Waals surface area (Å²) >= 11 is 7.05. The van der Waals surface area contributed by atoms with E-state index in [1.165, 1.54) is 22.5 Å². The maximum Gasteiger partial charge on any atom is 0.244 e. The highest BCUT2D eigenvalue weighted by Gasteiger charge is 2.24. The van der Waals surface area contributed by atoms with Crippen molar-refractivity contribution >= 4 is 31.9 Å². The Labute approximate surface area is 154 Å². The van der Waals surface area contributed by atoms with Gasteiger partial charge in [0.05, 0.1) is 13.1 Å². The van der Waals surface area contributed by atoms with Gasteiger partial charge in [-0.05, 0) is 62.4 Å². The molecule has 0 aliphatic rings. The molecule has 0 N–H and O–H groups in total. The number of benzene rings is 2. The van der Waals surface area contributed by atoms with Gasteiger partial charge in [0, 0.05) is 20.1 Å². The molecule has 0 amide bonds. The number of halogens is 2. The molecule has 1 heterocycles. The molecule has 3 aromatic rings. The normalized spacial score (nSPS) is 11.0. The maximum atomic E-state index is 3.53. The lowest BCUT2D eigenvalue weighted by molar-refractivity contribution is -0.682. The van der Waals surface area contributed by atoms with E-state index in [4.69, 9.17) is 0 Å². The fourth-order valence-electron chi connectivity index (χ4n) is 2.86. The van der Waals surface area contributed by atoms with E-state index in [1.807, 2.05) is 0 Å². The summed E-state index contributed by atoms with van der Waals surface area (Å²) in [7, 11) is 0. The minimum Gasteiger partial charge on any atom is -0.230 e. The summed E-state index contributed by atoms with van der Waals surface area (Å²) in [6.45, 7) is 6.27. The van der Waals surface area contributed by atoms with Crippen molar-refractivity contribution in [3.8, 4) is 22.5 Å². The van der Waals surface area contributed by atoms with Gasteiger partial charge in [0.25, 0.3) is 0 Å². The number of aromatic nitrogens is 2. The standard InChI is InChI=1S/C19H19Br2N2/c1-3-22-13-23(4-2)19(15-7-11-17(21)12-8-15)18(22)14-5-9-16(20)10-6-14/h5-13H,3-4H2,1-2H3/q+1. The highest BCUT2D eigenvalue weighted by Crippen LogP contribution is 2.31. The Bertz CT molecular complexity index is 735. The fourth-order valence-corrected chi connectivity index (χ4v) is 3.38. The highest BCUT2D eigenvalue weighted by molar-refractivity contribution is 9.10.